The molecule has 4 rings (SSSR count). The molecule has 0 saturated heterocycles. The standard InChI is InChI=1S/C22H16N2O6S/c1-23(16-7-3-2-4-8-16)31(28,29)17-13-11-15(12-14-17)22(27)30-24-20(25)18-9-5-6-10-19(18)21(24)26/h2-14H,1H3. The molecule has 0 aromatic heterocycles. The monoisotopic (exact) mass is 436 g/mol. The summed E-state index contributed by atoms with van der Waals surface area (Å²) < 4.78 is 26.8. The van der Waals surface area contributed by atoms with Crippen LogP contribution in [0.3, 0.4) is 0 Å². The van der Waals surface area contributed by atoms with Gasteiger partial charge in [0.1, 0.15) is 0 Å². The molecule has 0 fully saturated rings. The summed E-state index contributed by atoms with van der Waals surface area (Å²) in [7, 11) is -2.42. The van der Waals surface area contributed by atoms with Crippen molar-refractivity contribution >= 4 is 33.5 Å². The molecular weight excluding hydrogens is 420 g/mol. The molecule has 1 aliphatic heterocycles. The molecule has 31 heavy (non-hydrogen) atoms. The van der Waals surface area contributed by atoms with Gasteiger partial charge < -0.3 is 4.84 Å². The Bertz CT molecular complexity index is 1250. The fourth-order valence-electron chi connectivity index (χ4n) is 3.08. The van der Waals surface area contributed by atoms with Gasteiger partial charge in [0.05, 0.1) is 27.3 Å². The van der Waals surface area contributed by atoms with E-state index in [1.165, 1.54) is 43.4 Å². The lowest BCUT2D eigenvalue weighted by atomic mass is 10.1. The van der Waals surface area contributed by atoms with E-state index in [2.05, 4.69) is 0 Å². The Morgan fingerprint density at radius 2 is 1.32 bits per heavy atom. The van der Waals surface area contributed by atoms with Crippen molar-refractivity contribution in [3.05, 3.63) is 95.6 Å². The average Bonchev–Trinajstić information content (AvgIpc) is 3.04. The maximum Gasteiger partial charge on any atom is 0.363 e. The summed E-state index contributed by atoms with van der Waals surface area (Å²) in [4.78, 5) is 42.0. The number of para-hydroxylation sites is 1. The Kier molecular flexibility index (Phi) is 5.04. The van der Waals surface area contributed by atoms with Gasteiger partial charge in [-0.1, -0.05) is 35.4 Å². The molecule has 0 unspecified atom stereocenters. The van der Waals surface area contributed by atoms with E-state index >= 15 is 0 Å². The molecule has 8 nitrogen and oxygen atoms in total. The zero-order valence-electron chi connectivity index (χ0n) is 16.3. The Morgan fingerprint density at radius 1 is 0.806 bits per heavy atom. The first kappa shape index (κ1) is 20.3. The van der Waals surface area contributed by atoms with E-state index < -0.39 is 27.8 Å². The number of nitrogens with zero attached hydrogens (tertiary/aromatic N) is 2. The Labute approximate surface area is 178 Å². The van der Waals surface area contributed by atoms with Crippen molar-refractivity contribution in [3.63, 3.8) is 0 Å². The van der Waals surface area contributed by atoms with Gasteiger partial charge in [-0.25, -0.2) is 13.2 Å². The van der Waals surface area contributed by atoms with Crippen LogP contribution >= 0.6 is 0 Å². The van der Waals surface area contributed by atoms with Crippen LogP contribution in [0.25, 0.3) is 0 Å². The van der Waals surface area contributed by atoms with Crippen molar-refractivity contribution in [3.8, 4) is 0 Å². The second kappa shape index (κ2) is 7.69. The summed E-state index contributed by atoms with van der Waals surface area (Å²) in [5.74, 6) is -2.44. The van der Waals surface area contributed by atoms with E-state index in [1.54, 1.807) is 42.5 Å². The lowest BCUT2D eigenvalue weighted by Crippen LogP contribution is -2.32. The molecule has 0 atom stereocenters. The van der Waals surface area contributed by atoms with Crippen LogP contribution in [0.15, 0.2) is 83.8 Å². The molecule has 0 radical (unpaired) electrons. The number of anilines is 1. The lowest BCUT2D eigenvalue weighted by molar-refractivity contribution is -0.0584. The first-order chi connectivity index (χ1) is 14.8. The molecule has 2 amide bonds. The number of carbonyl (C=O) groups excluding carboxylic acids is 3. The van der Waals surface area contributed by atoms with Gasteiger partial charge in [-0.05, 0) is 48.5 Å². The van der Waals surface area contributed by atoms with Gasteiger partial charge in [-0.2, -0.15) is 0 Å². The van der Waals surface area contributed by atoms with Crippen LogP contribution in [0.4, 0.5) is 5.69 Å². The zero-order chi connectivity index (χ0) is 22.2. The zero-order valence-corrected chi connectivity index (χ0v) is 17.1. The number of imide groups is 1. The molecule has 1 aliphatic rings. The quantitative estimate of drug-likeness (QED) is 0.570. The number of fused-ring (bicyclic) bond motifs is 1. The summed E-state index contributed by atoms with van der Waals surface area (Å²) in [6, 6.07) is 19.7. The van der Waals surface area contributed by atoms with Crippen molar-refractivity contribution in [1.82, 2.24) is 5.06 Å². The van der Waals surface area contributed by atoms with Crippen molar-refractivity contribution in [2.24, 2.45) is 0 Å². The predicted molar refractivity (Wildman–Crippen MR) is 111 cm³/mol. The molecule has 156 valence electrons. The van der Waals surface area contributed by atoms with Crippen LogP contribution in [0.1, 0.15) is 31.1 Å². The van der Waals surface area contributed by atoms with Gasteiger partial charge in [0, 0.05) is 7.05 Å². The third-order valence-corrected chi connectivity index (χ3v) is 6.60. The second-order valence-corrected chi connectivity index (χ2v) is 8.63. The number of rotatable bonds is 5. The van der Waals surface area contributed by atoms with Gasteiger partial charge in [-0.15, -0.1) is 0 Å². The molecule has 0 spiro atoms. The second-order valence-electron chi connectivity index (χ2n) is 6.66. The van der Waals surface area contributed by atoms with Crippen molar-refractivity contribution in [1.29, 1.82) is 0 Å². The number of hydrogen-bond acceptors (Lipinski definition) is 6. The van der Waals surface area contributed by atoms with Gasteiger partial charge in [0.25, 0.3) is 21.8 Å². The largest absolute Gasteiger partial charge is 0.363 e. The minimum absolute atomic E-state index is 0.0159. The molecule has 0 bridgehead atoms. The highest BCUT2D eigenvalue weighted by Crippen LogP contribution is 2.25. The van der Waals surface area contributed by atoms with E-state index in [0.717, 1.165) is 4.31 Å². The molecule has 0 saturated carbocycles. The van der Waals surface area contributed by atoms with Crippen molar-refractivity contribution in [2.75, 3.05) is 11.4 Å². The van der Waals surface area contributed by atoms with Gasteiger partial charge in [0.2, 0.25) is 0 Å². The van der Waals surface area contributed by atoms with Crippen molar-refractivity contribution < 1.29 is 27.6 Å². The number of hydroxylamine groups is 2. The summed E-state index contributed by atoms with van der Waals surface area (Å²) in [5, 5.41) is 0.404. The predicted octanol–water partition coefficient (Wildman–Crippen LogP) is 2.88. The van der Waals surface area contributed by atoms with Crippen molar-refractivity contribution in [2.45, 2.75) is 4.90 Å². The number of sulfonamides is 1. The molecule has 0 aliphatic carbocycles. The first-order valence-electron chi connectivity index (χ1n) is 9.15. The maximum absolute atomic E-state index is 12.8. The fourth-order valence-corrected chi connectivity index (χ4v) is 4.28. The summed E-state index contributed by atoms with van der Waals surface area (Å²) >= 11 is 0. The Morgan fingerprint density at radius 3 is 1.87 bits per heavy atom. The van der Waals surface area contributed by atoms with Crippen LogP contribution in [0, 0.1) is 0 Å². The summed E-state index contributed by atoms with van der Waals surface area (Å²) in [6.45, 7) is 0. The van der Waals surface area contributed by atoms with Gasteiger partial charge in [0.15, 0.2) is 0 Å². The molecule has 3 aromatic rings. The van der Waals surface area contributed by atoms with Gasteiger partial charge >= 0.3 is 5.97 Å². The average molecular weight is 436 g/mol. The number of amides is 2. The number of benzene rings is 3. The normalized spacial score (nSPS) is 13.1. The first-order valence-corrected chi connectivity index (χ1v) is 10.6. The molecule has 0 N–H and O–H groups in total. The van der Waals surface area contributed by atoms with E-state index in [4.69, 9.17) is 4.84 Å². The smallest absolute Gasteiger partial charge is 0.324 e. The lowest BCUT2D eigenvalue weighted by Gasteiger charge is -2.19. The van der Waals surface area contributed by atoms with E-state index in [9.17, 15) is 22.8 Å². The maximum atomic E-state index is 12.8. The Balaban J connectivity index is 1.52. The summed E-state index contributed by atoms with van der Waals surface area (Å²) in [5.41, 5.74) is 0.755. The van der Waals surface area contributed by atoms with E-state index in [0.29, 0.717) is 10.8 Å². The van der Waals surface area contributed by atoms with Gasteiger partial charge in [-0.3, -0.25) is 13.9 Å². The van der Waals surface area contributed by atoms with E-state index in [1.807, 2.05) is 0 Å². The third-order valence-electron chi connectivity index (χ3n) is 4.80. The molecular formula is C22H16N2O6S. The van der Waals surface area contributed by atoms with Crippen LogP contribution in [0.5, 0.6) is 0 Å². The topological polar surface area (TPSA) is 101 Å². The highest BCUT2D eigenvalue weighted by Gasteiger charge is 2.38. The number of hydrogen-bond donors (Lipinski definition) is 0. The third kappa shape index (κ3) is 3.55. The SMILES string of the molecule is CN(c1ccccc1)S(=O)(=O)c1ccc(C(=O)ON2C(=O)c3ccccc3C2=O)cc1. The molecule has 1 heterocycles. The van der Waals surface area contributed by atoms with Crippen LogP contribution in [-0.2, 0) is 14.9 Å². The van der Waals surface area contributed by atoms with Crippen LogP contribution in [-0.4, -0.2) is 38.3 Å². The van der Waals surface area contributed by atoms with E-state index in [-0.39, 0.29) is 21.6 Å². The Hall–Kier alpha value is -3.98. The number of carbonyl (C=O) groups is 3. The van der Waals surface area contributed by atoms with Crippen LogP contribution in [0.2, 0.25) is 0 Å². The highest BCUT2D eigenvalue weighted by molar-refractivity contribution is 7.92. The summed E-state index contributed by atoms with van der Waals surface area (Å²) in [6.07, 6.45) is 0. The molecule has 9 heteroatoms. The minimum atomic E-state index is -3.85. The highest BCUT2D eigenvalue weighted by atomic mass is 32.2. The molecule has 3 aromatic carbocycles. The minimum Gasteiger partial charge on any atom is -0.324 e. The fraction of sp³-hybridized carbons (Fsp3) is 0.0455. The van der Waals surface area contributed by atoms with Crippen LogP contribution < -0.4 is 4.31 Å².